The molecule has 0 aromatic rings. The van der Waals surface area contributed by atoms with Gasteiger partial charge in [-0.15, -0.1) is 0 Å². The molecular weight excluding hydrogens is 278 g/mol. The fraction of sp³-hybridized carbons (Fsp3) is 0.769. The molecule has 8 nitrogen and oxygen atoms in total. The normalized spacial score (nSPS) is 20.6. The molecule has 21 heavy (non-hydrogen) atoms. The Bertz CT molecular complexity index is 420. The van der Waals surface area contributed by atoms with Gasteiger partial charge in [0.25, 0.3) is 5.91 Å². The second-order valence-corrected chi connectivity index (χ2v) is 5.29. The largest absolute Gasteiger partial charge is 0.394 e. The van der Waals surface area contributed by atoms with Gasteiger partial charge in [0.1, 0.15) is 13.1 Å². The van der Waals surface area contributed by atoms with Crippen molar-refractivity contribution in [1.29, 1.82) is 0 Å². The van der Waals surface area contributed by atoms with Crippen molar-refractivity contribution in [3.63, 3.8) is 0 Å². The lowest BCUT2D eigenvalue weighted by Crippen LogP contribution is -2.47. The molecule has 2 fully saturated rings. The van der Waals surface area contributed by atoms with Gasteiger partial charge in [0, 0.05) is 20.1 Å². The number of carbonyl (C=O) groups excluding carboxylic acids is 3. The highest BCUT2D eigenvalue weighted by atomic mass is 16.5. The topological polar surface area (TPSA) is 90.4 Å². The van der Waals surface area contributed by atoms with E-state index in [9.17, 15) is 14.4 Å². The summed E-state index contributed by atoms with van der Waals surface area (Å²) < 4.78 is 5.43. The fourth-order valence-corrected chi connectivity index (χ4v) is 2.55. The lowest BCUT2D eigenvalue weighted by atomic mass is 10.1. The van der Waals surface area contributed by atoms with Crippen molar-refractivity contribution in [3.8, 4) is 0 Å². The smallest absolute Gasteiger partial charge is 0.327 e. The number of nitrogens with zero attached hydrogens (tertiary/aromatic N) is 3. The van der Waals surface area contributed by atoms with Crippen molar-refractivity contribution in [2.45, 2.75) is 18.9 Å². The molecule has 2 heterocycles. The zero-order chi connectivity index (χ0) is 15.4. The minimum atomic E-state index is -0.422. The molecule has 2 aliphatic rings. The van der Waals surface area contributed by atoms with Crippen LogP contribution in [-0.2, 0) is 14.3 Å². The predicted octanol–water partition coefficient (Wildman–Crippen LogP) is -1.12. The van der Waals surface area contributed by atoms with Crippen LogP contribution in [0.5, 0.6) is 0 Å². The van der Waals surface area contributed by atoms with Crippen LogP contribution in [0.25, 0.3) is 0 Å². The monoisotopic (exact) mass is 299 g/mol. The van der Waals surface area contributed by atoms with E-state index in [4.69, 9.17) is 9.84 Å². The van der Waals surface area contributed by atoms with E-state index >= 15 is 0 Å². The number of imide groups is 1. The quantitative estimate of drug-likeness (QED) is 0.650. The standard InChI is InChI=1S/C13H21N3O5/c1-14-8-12(19)16(13(14)20)9-11(18)15-4-2-10(3-5-15)21-7-6-17/h10,17H,2-9H2,1H3. The number of hydrogen-bond donors (Lipinski definition) is 1. The Hall–Kier alpha value is -1.67. The fourth-order valence-electron chi connectivity index (χ4n) is 2.55. The molecule has 2 rings (SSSR count). The first kappa shape index (κ1) is 15.7. The second-order valence-electron chi connectivity index (χ2n) is 5.29. The summed E-state index contributed by atoms with van der Waals surface area (Å²) in [6.07, 6.45) is 1.46. The Kier molecular flexibility index (Phi) is 5.13. The minimum Gasteiger partial charge on any atom is -0.394 e. The number of hydrogen-bond acceptors (Lipinski definition) is 5. The third-order valence-electron chi connectivity index (χ3n) is 3.76. The molecule has 0 aromatic heterocycles. The van der Waals surface area contributed by atoms with Gasteiger partial charge in [-0.05, 0) is 12.8 Å². The summed E-state index contributed by atoms with van der Waals surface area (Å²) in [5.74, 6) is -0.551. The van der Waals surface area contributed by atoms with E-state index in [2.05, 4.69) is 0 Å². The lowest BCUT2D eigenvalue weighted by Gasteiger charge is -2.32. The van der Waals surface area contributed by atoms with Crippen LogP contribution in [-0.4, -0.2) is 90.2 Å². The number of amides is 4. The highest BCUT2D eigenvalue weighted by Gasteiger charge is 2.36. The van der Waals surface area contributed by atoms with Crippen molar-refractivity contribution < 1.29 is 24.2 Å². The first-order valence-electron chi connectivity index (χ1n) is 7.08. The molecule has 0 saturated carbocycles. The van der Waals surface area contributed by atoms with Crippen molar-refractivity contribution in [2.24, 2.45) is 0 Å². The van der Waals surface area contributed by atoms with Gasteiger partial charge < -0.3 is 19.6 Å². The molecule has 0 bridgehead atoms. The Morgan fingerprint density at radius 1 is 1.33 bits per heavy atom. The Labute approximate surface area is 123 Å². The molecule has 0 radical (unpaired) electrons. The third kappa shape index (κ3) is 3.70. The van der Waals surface area contributed by atoms with Crippen LogP contribution in [0.1, 0.15) is 12.8 Å². The molecule has 0 aromatic carbocycles. The summed E-state index contributed by atoms with van der Waals surface area (Å²) in [4.78, 5) is 39.5. The van der Waals surface area contributed by atoms with Crippen molar-refractivity contribution in [2.75, 3.05) is 46.4 Å². The summed E-state index contributed by atoms with van der Waals surface area (Å²) >= 11 is 0. The Balaban J connectivity index is 1.80. The first-order chi connectivity index (χ1) is 10.0. The second kappa shape index (κ2) is 6.86. The molecule has 1 N–H and O–H groups in total. The molecule has 0 aliphatic carbocycles. The van der Waals surface area contributed by atoms with Crippen LogP contribution < -0.4 is 0 Å². The van der Waals surface area contributed by atoms with E-state index in [0.29, 0.717) is 32.5 Å². The number of rotatable bonds is 5. The Morgan fingerprint density at radius 2 is 2.00 bits per heavy atom. The average Bonchev–Trinajstić information content (AvgIpc) is 2.72. The van der Waals surface area contributed by atoms with Crippen molar-refractivity contribution >= 4 is 17.8 Å². The minimum absolute atomic E-state index is 0.00809. The number of ether oxygens (including phenoxy) is 1. The summed E-state index contributed by atoms with van der Waals surface area (Å²) in [5, 5.41) is 8.70. The van der Waals surface area contributed by atoms with Gasteiger partial charge in [-0.2, -0.15) is 0 Å². The number of urea groups is 1. The molecular formula is C13H21N3O5. The highest BCUT2D eigenvalue weighted by Crippen LogP contribution is 2.15. The van der Waals surface area contributed by atoms with E-state index < -0.39 is 6.03 Å². The van der Waals surface area contributed by atoms with Gasteiger partial charge in [0.05, 0.1) is 19.3 Å². The van der Waals surface area contributed by atoms with E-state index in [1.165, 1.54) is 11.9 Å². The van der Waals surface area contributed by atoms with Gasteiger partial charge in [-0.1, -0.05) is 0 Å². The van der Waals surface area contributed by atoms with Gasteiger partial charge in [0.2, 0.25) is 5.91 Å². The maximum absolute atomic E-state index is 12.2. The molecule has 4 amide bonds. The Morgan fingerprint density at radius 3 is 2.52 bits per heavy atom. The number of likely N-dealkylation sites (tertiary alicyclic amines) is 1. The molecule has 0 atom stereocenters. The van der Waals surface area contributed by atoms with Crippen LogP contribution in [0.4, 0.5) is 4.79 Å². The summed E-state index contributed by atoms with van der Waals surface area (Å²) in [6.45, 7) is 1.23. The number of likely N-dealkylation sites (N-methyl/N-ethyl adjacent to an activating group) is 1. The SMILES string of the molecule is CN1CC(=O)N(CC(=O)N2CCC(OCCO)CC2)C1=O. The molecule has 0 spiro atoms. The van der Waals surface area contributed by atoms with E-state index in [-0.39, 0.29) is 37.6 Å². The van der Waals surface area contributed by atoms with Gasteiger partial charge in [-0.25, -0.2) is 4.79 Å². The zero-order valence-electron chi connectivity index (χ0n) is 12.2. The number of piperidine rings is 1. The molecule has 8 heteroatoms. The maximum Gasteiger partial charge on any atom is 0.327 e. The van der Waals surface area contributed by atoms with Crippen molar-refractivity contribution in [1.82, 2.24) is 14.7 Å². The molecule has 2 aliphatic heterocycles. The molecule has 2 saturated heterocycles. The van der Waals surface area contributed by atoms with E-state index in [1.807, 2.05) is 0 Å². The summed E-state index contributed by atoms with van der Waals surface area (Å²) in [7, 11) is 1.54. The molecule has 0 unspecified atom stereocenters. The summed E-state index contributed by atoms with van der Waals surface area (Å²) in [6, 6.07) is -0.422. The van der Waals surface area contributed by atoms with Gasteiger partial charge >= 0.3 is 6.03 Å². The third-order valence-corrected chi connectivity index (χ3v) is 3.76. The number of aliphatic hydroxyl groups excluding tert-OH is 1. The van der Waals surface area contributed by atoms with Crippen LogP contribution in [0.2, 0.25) is 0 Å². The van der Waals surface area contributed by atoms with Crippen LogP contribution in [0.15, 0.2) is 0 Å². The predicted molar refractivity (Wildman–Crippen MR) is 72.4 cm³/mol. The van der Waals surface area contributed by atoms with Gasteiger partial charge in [-0.3, -0.25) is 14.5 Å². The van der Waals surface area contributed by atoms with E-state index in [1.54, 1.807) is 4.90 Å². The lowest BCUT2D eigenvalue weighted by molar-refractivity contribution is -0.138. The number of carbonyl (C=O) groups is 3. The average molecular weight is 299 g/mol. The van der Waals surface area contributed by atoms with Crippen LogP contribution in [0.3, 0.4) is 0 Å². The first-order valence-corrected chi connectivity index (χ1v) is 7.08. The van der Waals surface area contributed by atoms with Gasteiger partial charge in [0.15, 0.2) is 0 Å². The van der Waals surface area contributed by atoms with E-state index in [0.717, 1.165) is 4.90 Å². The number of aliphatic hydroxyl groups is 1. The highest BCUT2D eigenvalue weighted by molar-refractivity contribution is 6.04. The zero-order valence-corrected chi connectivity index (χ0v) is 12.2. The summed E-state index contributed by atoms with van der Waals surface area (Å²) in [5.41, 5.74) is 0. The van der Waals surface area contributed by atoms with Crippen LogP contribution >= 0.6 is 0 Å². The maximum atomic E-state index is 12.2. The van der Waals surface area contributed by atoms with Crippen molar-refractivity contribution in [3.05, 3.63) is 0 Å². The molecule has 118 valence electrons. The van der Waals surface area contributed by atoms with Crippen LogP contribution in [0, 0.1) is 0 Å².